The third-order valence-corrected chi connectivity index (χ3v) is 4.47. The summed E-state index contributed by atoms with van der Waals surface area (Å²) >= 11 is 0. The number of nitrogens with zero attached hydrogens (tertiary/aromatic N) is 3. The first kappa shape index (κ1) is 14.0. The van der Waals surface area contributed by atoms with E-state index in [1.807, 2.05) is 11.0 Å². The molecule has 2 fully saturated rings. The molecule has 1 unspecified atom stereocenters. The number of pyridine rings is 1. The lowest BCUT2D eigenvalue weighted by atomic mass is 10.1. The topological polar surface area (TPSA) is 53.5 Å². The zero-order valence-electron chi connectivity index (χ0n) is 12.4. The van der Waals surface area contributed by atoms with E-state index < -0.39 is 0 Å². The lowest BCUT2D eigenvalue weighted by Crippen LogP contribution is -2.43. The van der Waals surface area contributed by atoms with E-state index in [1.165, 1.54) is 5.56 Å². The minimum Gasteiger partial charge on any atom is -0.334 e. The third kappa shape index (κ3) is 2.64. The number of hydrogen-bond acceptors (Lipinski definition) is 3. The maximum Gasteiger partial charge on any atom is 0.245 e. The molecule has 0 aromatic carbocycles. The second-order valence-electron chi connectivity index (χ2n) is 5.72. The molecule has 1 aromatic rings. The van der Waals surface area contributed by atoms with Crippen molar-refractivity contribution in [3.05, 3.63) is 29.6 Å². The molecule has 1 aromatic heterocycles. The molecule has 3 heterocycles. The number of hydrogen-bond donors (Lipinski definition) is 0. The van der Waals surface area contributed by atoms with E-state index in [2.05, 4.69) is 18.0 Å². The first-order valence-corrected chi connectivity index (χ1v) is 7.71. The van der Waals surface area contributed by atoms with Gasteiger partial charge in [0.1, 0.15) is 6.04 Å². The summed E-state index contributed by atoms with van der Waals surface area (Å²) in [6.07, 6.45) is 4.82. The number of amides is 2. The molecule has 21 heavy (non-hydrogen) atoms. The summed E-state index contributed by atoms with van der Waals surface area (Å²) < 4.78 is 0. The zero-order valence-corrected chi connectivity index (χ0v) is 12.4. The van der Waals surface area contributed by atoms with E-state index >= 15 is 0 Å². The molecule has 2 saturated heterocycles. The van der Waals surface area contributed by atoms with Crippen molar-refractivity contribution in [1.29, 1.82) is 0 Å². The molecular formula is C16H21N3O2. The van der Waals surface area contributed by atoms with Crippen molar-refractivity contribution in [1.82, 2.24) is 14.8 Å². The van der Waals surface area contributed by atoms with E-state index in [1.54, 1.807) is 11.1 Å². The molecule has 2 aliphatic rings. The minimum atomic E-state index is -0.242. The first-order chi connectivity index (χ1) is 10.2. The van der Waals surface area contributed by atoms with Crippen molar-refractivity contribution in [2.24, 2.45) is 0 Å². The lowest BCUT2D eigenvalue weighted by molar-refractivity contribution is -0.139. The van der Waals surface area contributed by atoms with Crippen LogP contribution in [0.15, 0.2) is 18.3 Å². The standard InChI is InChI=1S/C16H21N3O2/c1-2-12-5-3-8-17-13(12)11-18-10-7-15(20)19-9-4-6-14(19)16(18)21/h3,5,8,14H,2,4,6-7,9-11H2,1H3. The van der Waals surface area contributed by atoms with Crippen molar-refractivity contribution in [2.45, 2.75) is 45.2 Å². The maximum absolute atomic E-state index is 12.7. The fraction of sp³-hybridized carbons (Fsp3) is 0.562. The van der Waals surface area contributed by atoms with E-state index in [-0.39, 0.29) is 17.9 Å². The van der Waals surface area contributed by atoms with Gasteiger partial charge >= 0.3 is 0 Å². The second-order valence-corrected chi connectivity index (χ2v) is 5.72. The molecule has 0 radical (unpaired) electrons. The highest BCUT2D eigenvalue weighted by Crippen LogP contribution is 2.24. The number of aryl methyl sites for hydroxylation is 1. The lowest BCUT2D eigenvalue weighted by Gasteiger charge is -2.25. The van der Waals surface area contributed by atoms with Crippen LogP contribution >= 0.6 is 0 Å². The summed E-state index contributed by atoms with van der Waals surface area (Å²) in [7, 11) is 0. The Kier molecular flexibility index (Phi) is 3.90. The van der Waals surface area contributed by atoms with Gasteiger partial charge < -0.3 is 9.80 Å². The van der Waals surface area contributed by atoms with Crippen LogP contribution in [-0.4, -0.2) is 45.7 Å². The molecule has 2 amide bonds. The van der Waals surface area contributed by atoms with Crippen molar-refractivity contribution >= 4 is 11.8 Å². The number of carbonyl (C=O) groups excluding carboxylic acids is 2. The van der Waals surface area contributed by atoms with Crippen LogP contribution in [0.5, 0.6) is 0 Å². The summed E-state index contributed by atoms with van der Waals surface area (Å²) in [6.45, 7) is 3.84. The van der Waals surface area contributed by atoms with E-state index in [0.717, 1.165) is 31.5 Å². The van der Waals surface area contributed by atoms with Crippen LogP contribution in [-0.2, 0) is 22.6 Å². The maximum atomic E-state index is 12.7. The van der Waals surface area contributed by atoms with Gasteiger partial charge in [-0.05, 0) is 30.9 Å². The minimum absolute atomic E-state index is 0.0889. The van der Waals surface area contributed by atoms with Crippen LogP contribution in [0.3, 0.4) is 0 Å². The van der Waals surface area contributed by atoms with E-state index in [9.17, 15) is 9.59 Å². The van der Waals surface area contributed by atoms with Gasteiger partial charge in [-0.25, -0.2) is 0 Å². The average molecular weight is 287 g/mol. The number of aromatic nitrogens is 1. The predicted octanol–water partition coefficient (Wildman–Crippen LogP) is 1.37. The molecule has 1 atom stereocenters. The van der Waals surface area contributed by atoms with Gasteiger partial charge in [0.15, 0.2) is 0 Å². The highest BCUT2D eigenvalue weighted by molar-refractivity contribution is 5.90. The van der Waals surface area contributed by atoms with Crippen LogP contribution in [0.2, 0.25) is 0 Å². The Bertz CT molecular complexity index is 558. The number of carbonyl (C=O) groups is 2. The van der Waals surface area contributed by atoms with E-state index in [0.29, 0.717) is 19.5 Å². The normalized spacial score (nSPS) is 22.4. The Hall–Kier alpha value is -1.91. The molecule has 5 nitrogen and oxygen atoms in total. The van der Waals surface area contributed by atoms with Gasteiger partial charge in [0.25, 0.3) is 0 Å². The van der Waals surface area contributed by atoms with Crippen LogP contribution < -0.4 is 0 Å². The highest BCUT2D eigenvalue weighted by Gasteiger charge is 2.39. The van der Waals surface area contributed by atoms with Crippen molar-refractivity contribution < 1.29 is 9.59 Å². The highest BCUT2D eigenvalue weighted by atomic mass is 16.2. The molecular weight excluding hydrogens is 266 g/mol. The summed E-state index contributed by atoms with van der Waals surface area (Å²) in [6, 6.07) is 3.74. The Morgan fingerprint density at radius 3 is 3.00 bits per heavy atom. The molecule has 5 heteroatoms. The van der Waals surface area contributed by atoms with Crippen LogP contribution in [0, 0.1) is 0 Å². The van der Waals surface area contributed by atoms with Gasteiger partial charge in [0.2, 0.25) is 11.8 Å². The quantitative estimate of drug-likeness (QED) is 0.843. The number of rotatable bonds is 3. The molecule has 0 spiro atoms. The van der Waals surface area contributed by atoms with Gasteiger partial charge in [-0.1, -0.05) is 13.0 Å². The van der Waals surface area contributed by atoms with Gasteiger partial charge in [-0.2, -0.15) is 0 Å². The van der Waals surface area contributed by atoms with Crippen molar-refractivity contribution in [3.63, 3.8) is 0 Å². The van der Waals surface area contributed by atoms with Crippen LogP contribution in [0.25, 0.3) is 0 Å². The molecule has 0 saturated carbocycles. The summed E-state index contributed by atoms with van der Waals surface area (Å²) in [5.74, 6) is 0.205. The molecule has 0 bridgehead atoms. The average Bonchev–Trinajstić information content (AvgIpc) is 2.96. The molecule has 3 rings (SSSR count). The number of fused-ring (bicyclic) bond motifs is 1. The Labute approximate surface area is 124 Å². The van der Waals surface area contributed by atoms with Gasteiger partial charge in [-0.15, -0.1) is 0 Å². The third-order valence-electron chi connectivity index (χ3n) is 4.47. The Morgan fingerprint density at radius 1 is 1.33 bits per heavy atom. The predicted molar refractivity (Wildman–Crippen MR) is 78.4 cm³/mol. The first-order valence-electron chi connectivity index (χ1n) is 7.71. The zero-order chi connectivity index (χ0) is 14.8. The van der Waals surface area contributed by atoms with Crippen molar-refractivity contribution in [2.75, 3.05) is 13.1 Å². The van der Waals surface area contributed by atoms with Crippen molar-refractivity contribution in [3.8, 4) is 0 Å². The summed E-state index contributed by atoms with van der Waals surface area (Å²) in [4.78, 5) is 32.8. The summed E-state index contributed by atoms with van der Waals surface area (Å²) in [5.41, 5.74) is 2.12. The van der Waals surface area contributed by atoms with Gasteiger partial charge in [0.05, 0.1) is 12.2 Å². The molecule has 2 aliphatic heterocycles. The monoisotopic (exact) mass is 287 g/mol. The SMILES string of the molecule is CCc1cccnc1CN1CCC(=O)N2CCCC2C1=O. The Morgan fingerprint density at radius 2 is 2.19 bits per heavy atom. The molecule has 0 aliphatic carbocycles. The smallest absolute Gasteiger partial charge is 0.245 e. The van der Waals surface area contributed by atoms with Crippen LogP contribution in [0.1, 0.15) is 37.4 Å². The summed E-state index contributed by atoms with van der Waals surface area (Å²) in [5, 5.41) is 0. The molecule has 112 valence electrons. The largest absolute Gasteiger partial charge is 0.334 e. The fourth-order valence-electron chi connectivity index (χ4n) is 3.29. The molecule has 0 N–H and O–H groups in total. The van der Waals surface area contributed by atoms with Crippen LogP contribution in [0.4, 0.5) is 0 Å². The van der Waals surface area contributed by atoms with Gasteiger partial charge in [0, 0.05) is 25.7 Å². The Balaban J connectivity index is 1.81. The fourth-order valence-corrected chi connectivity index (χ4v) is 3.29. The second kappa shape index (κ2) is 5.84. The van der Waals surface area contributed by atoms with E-state index in [4.69, 9.17) is 0 Å². The van der Waals surface area contributed by atoms with Gasteiger partial charge in [-0.3, -0.25) is 14.6 Å².